The van der Waals surface area contributed by atoms with Crippen molar-refractivity contribution < 1.29 is 14.8 Å². The molecule has 2 rings (SSSR count). The van der Waals surface area contributed by atoms with Gasteiger partial charge in [0.25, 0.3) is 5.69 Å². The molecule has 1 heterocycles. The number of nitro benzene ring substituents is 1. The Bertz CT molecular complexity index is 469. The van der Waals surface area contributed by atoms with E-state index in [4.69, 9.17) is 16.3 Å². The fraction of sp³-hybridized carbons (Fsp3) is 0.500. The zero-order valence-electron chi connectivity index (χ0n) is 10.3. The molecule has 6 nitrogen and oxygen atoms in total. The smallest absolute Gasteiger partial charge is 0.288 e. The van der Waals surface area contributed by atoms with Crippen LogP contribution in [0, 0.1) is 10.1 Å². The van der Waals surface area contributed by atoms with Gasteiger partial charge in [0, 0.05) is 19.2 Å². The first-order chi connectivity index (χ1) is 9.11. The molecule has 1 unspecified atom stereocenters. The highest BCUT2D eigenvalue weighted by Gasteiger charge is 2.23. The van der Waals surface area contributed by atoms with E-state index in [1.54, 1.807) is 6.07 Å². The van der Waals surface area contributed by atoms with Gasteiger partial charge in [-0.3, -0.25) is 15.0 Å². The molecule has 0 saturated carbocycles. The number of ether oxygens (including phenoxy) is 1. The SMILES string of the molecule is O=[N+]([O-])c1cc(CN2CCOCC2CO)ccc1Cl. The number of aliphatic hydroxyl groups excluding tert-OH is 1. The van der Waals surface area contributed by atoms with Crippen LogP contribution in [-0.2, 0) is 11.3 Å². The number of hydrogen-bond acceptors (Lipinski definition) is 5. The van der Waals surface area contributed by atoms with Crippen molar-refractivity contribution in [1.29, 1.82) is 0 Å². The molecule has 0 bridgehead atoms. The number of nitrogens with zero attached hydrogens (tertiary/aromatic N) is 2. The molecule has 1 aromatic rings. The van der Waals surface area contributed by atoms with Crippen molar-refractivity contribution in [3.05, 3.63) is 38.9 Å². The van der Waals surface area contributed by atoms with Gasteiger partial charge in [0.15, 0.2) is 0 Å². The van der Waals surface area contributed by atoms with Gasteiger partial charge in [-0.25, -0.2) is 0 Å². The average Bonchev–Trinajstić information content (AvgIpc) is 2.41. The first-order valence-electron chi connectivity index (χ1n) is 5.97. The lowest BCUT2D eigenvalue weighted by Gasteiger charge is -2.34. The van der Waals surface area contributed by atoms with Crippen molar-refractivity contribution in [2.45, 2.75) is 12.6 Å². The first kappa shape index (κ1) is 14.2. The van der Waals surface area contributed by atoms with Gasteiger partial charge in [-0.1, -0.05) is 17.7 Å². The Balaban J connectivity index is 2.14. The third-order valence-corrected chi connectivity index (χ3v) is 3.47. The highest BCUT2D eigenvalue weighted by atomic mass is 35.5. The molecule has 1 fully saturated rings. The Hall–Kier alpha value is -1.21. The number of aliphatic hydroxyl groups is 1. The summed E-state index contributed by atoms with van der Waals surface area (Å²) in [5.41, 5.74) is 0.712. The van der Waals surface area contributed by atoms with E-state index in [9.17, 15) is 15.2 Å². The lowest BCUT2D eigenvalue weighted by atomic mass is 10.1. The van der Waals surface area contributed by atoms with Crippen molar-refractivity contribution in [2.75, 3.05) is 26.4 Å². The summed E-state index contributed by atoms with van der Waals surface area (Å²) in [6.07, 6.45) is 0. The molecule has 19 heavy (non-hydrogen) atoms. The molecule has 0 aromatic heterocycles. The standard InChI is InChI=1S/C12H15ClN2O4/c13-11-2-1-9(5-12(11)15(17)18)6-14-3-4-19-8-10(14)7-16/h1-2,5,10,16H,3-4,6-8H2. The molecule has 104 valence electrons. The molecule has 0 spiro atoms. The van der Waals surface area contributed by atoms with E-state index >= 15 is 0 Å². The van der Waals surface area contributed by atoms with Crippen LogP contribution in [0.3, 0.4) is 0 Å². The largest absolute Gasteiger partial charge is 0.395 e. The van der Waals surface area contributed by atoms with E-state index in [1.165, 1.54) is 12.1 Å². The maximum Gasteiger partial charge on any atom is 0.288 e. The van der Waals surface area contributed by atoms with Gasteiger partial charge in [-0.2, -0.15) is 0 Å². The van der Waals surface area contributed by atoms with Gasteiger partial charge in [-0.15, -0.1) is 0 Å². The van der Waals surface area contributed by atoms with Crippen LogP contribution < -0.4 is 0 Å². The summed E-state index contributed by atoms with van der Waals surface area (Å²) in [6, 6.07) is 4.71. The maximum absolute atomic E-state index is 10.8. The number of hydrogen-bond donors (Lipinski definition) is 1. The predicted octanol–water partition coefficient (Wildman–Crippen LogP) is 1.44. The van der Waals surface area contributed by atoms with Crippen LogP contribution in [0.2, 0.25) is 5.02 Å². The third-order valence-electron chi connectivity index (χ3n) is 3.15. The maximum atomic E-state index is 10.8. The number of benzene rings is 1. The van der Waals surface area contributed by atoms with Crippen molar-refractivity contribution >= 4 is 17.3 Å². The van der Waals surface area contributed by atoms with Crippen molar-refractivity contribution in [1.82, 2.24) is 4.90 Å². The van der Waals surface area contributed by atoms with Gasteiger partial charge in [0.2, 0.25) is 0 Å². The van der Waals surface area contributed by atoms with E-state index in [1.807, 2.05) is 0 Å². The molecule has 0 radical (unpaired) electrons. The predicted molar refractivity (Wildman–Crippen MR) is 70.2 cm³/mol. The van der Waals surface area contributed by atoms with Gasteiger partial charge in [0.05, 0.1) is 30.8 Å². The second-order valence-electron chi connectivity index (χ2n) is 4.42. The first-order valence-corrected chi connectivity index (χ1v) is 6.35. The van der Waals surface area contributed by atoms with Gasteiger partial charge < -0.3 is 9.84 Å². The molecule has 1 aliphatic rings. The minimum absolute atomic E-state index is 0.00961. The summed E-state index contributed by atoms with van der Waals surface area (Å²) in [5, 5.41) is 20.2. The monoisotopic (exact) mass is 286 g/mol. The number of morpholine rings is 1. The van der Waals surface area contributed by atoms with Gasteiger partial charge in [-0.05, 0) is 11.6 Å². The minimum atomic E-state index is -0.491. The fourth-order valence-electron chi connectivity index (χ4n) is 2.10. The Kier molecular flexibility index (Phi) is 4.71. The van der Waals surface area contributed by atoms with Crippen molar-refractivity contribution in [3.63, 3.8) is 0 Å². The summed E-state index contributed by atoms with van der Waals surface area (Å²) in [7, 11) is 0. The Morgan fingerprint density at radius 1 is 1.58 bits per heavy atom. The lowest BCUT2D eigenvalue weighted by molar-refractivity contribution is -0.384. The van der Waals surface area contributed by atoms with Crippen LogP contribution in [0.25, 0.3) is 0 Å². The summed E-state index contributed by atoms with van der Waals surface area (Å²) in [6.45, 7) is 2.32. The van der Waals surface area contributed by atoms with E-state index in [2.05, 4.69) is 4.90 Å². The zero-order chi connectivity index (χ0) is 13.8. The average molecular weight is 287 g/mol. The van der Waals surface area contributed by atoms with Crippen LogP contribution in [0.1, 0.15) is 5.56 Å². The summed E-state index contributed by atoms with van der Waals surface area (Å²) in [5.74, 6) is 0. The Morgan fingerprint density at radius 3 is 3.05 bits per heavy atom. The second-order valence-corrected chi connectivity index (χ2v) is 4.83. The molecule has 1 saturated heterocycles. The van der Waals surface area contributed by atoms with Crippen LogP contribution >= 0.6 is 11.6 Å². The van der Waals surface area contributed by atoms with Gasteiger partial charge >= 0.3 is 0 Å². The number of nitro groups is 1. The quantitative estimate of drug-likeness (QED) is 0.669. The van der Waals surface area contributed by atoms with E-state index < -0.39 is 4.92 Å². The van der Waals surface area contributed by atoms with Crippen LogP contribution in [-0.4, -0.2) is 47.3 Å². The molecule has 7 heteroatoms. The Morgan fingerprint density at radius 2 is 2.37 bits per heavy atom. The zero-order valence-corrected chi connectivity index (χ0v) is 11.0. The second kappa shape index (κ2) is 6.29. The minimum Gasteiger partial charge on any atom is -0.395 e. The Labute approximate surface area is 115 Å². The highest BCUT2D eigenvalue weighted by Crippen LogP contribution is 2.26. The normalized spacial score (nSPS) is 20.4. The van der Waals surface area contributed by atoms with E-state index in [-0.39, 0.29) is 23.4 Å². The highest BCUT2D eigenvalue weighted by molar-refractivity contribution is 6.32. The van der Waals surface area contributed by atoms with Crippen molar-refractivity contribution in [2.24, 2.45) is 0 Å². The molecule has 1 aliphatic heterocycles. The van der Waals surface area contributed by atoms with E-state index in [0.717, 1.165) is 5.56 Å². The lowest BCUT2D eigenvalue weighted by Crippen LogP contribution is -2.46. The molecule has 1 N–H and O–H groups in total. The summed E-state index contributed by atoms with van der Waals surface area (Å²) in [4.78, 5) is 12.4. The topological polar surface area (TPSA) is 75.8 Å². The van der Waals surface area contributed by atoms with Crippen molar-refractivity contribution in [3.8, 4) is 0 Å². The van der Waals surface area contributed by atoms with Crippen LogP contribution in [0.5, 0.6) is 0 Å². The molecule has 0 aliphatic carbocycles. The molecular weight excluding hydrogens is 272 g/mol. The van der Waals surface area contributed by atoms with E-state index in [0.29, 0.717) is 26.3 Å². The summed E-state index contributed by atoms with van der Waals surface area (Å²) >= 11 is 5.77. The molecular formula is C12H15ClN2O4. The summed E-state index contributed by atoms with van der Waals surface area (Å²) < 4.78 is 5.29. The molecule has 0 amide bonds. The number of rotatable bonds is 4. The fourth-order valence-corrected chi connectivity index (χ4v) is 2.28. The van der Waals surface area contributed by atoms with Crippen LogP contribution in [0.15, 0.2) is 18.2 Å². The molecule has 1 atom stereocenters. The van der Waals surface area contributed by atoms with Gasteiger partial charge in [0.1, 0.15) is 5.02 Å². The molecule has 1 aromatic carbocycles. The van der Waals surface area contributed by atoms with Crippen LogP contribution in [0.4, 0.5) is 5.69 Å². The third kappa shape index (κ3) is 3.42. The number of halogens is 1.